The molecule has 138 valence electrons. The number of nitrogens with zero attached hydrogens (tertiary/aromatic N) is 5. The van der Waals surface area contributed by atoms with Crippen LogP contribution in [0.4, 0.5) is 10.2 Å². The number of halogens is 1. The lowest BCUT2D eigenvalue weighted by Gasteiger charge is -2.22. The van der Waals surface area contributed by atoms with Crippen LogP contribution in [0, 0.1) is 17.7 Å². The van der Waals surface area contributed by atoms with Gasteiger partial charge < -0.3 is 14.4 Å². The molecule has 2 atom stereocenters. The normalized spacial score (nSPS) is 21.8. The SMILES string of the molecule is O=C(Cn1cnc2ccccc21)N1CC2CN(c3ccc(F)cn3)CC2C1. The number of likely N-dealkylation sites (tertiary alicyclic amines) is 1. The predicted molar refractivity (Wildman–Crippen MR) is 99.7 cm³/mol. The second-order valence-electron chi connectivity index (χ2n) is 7.42. The predicted octanol–water partition coefficient (Wildman–Crippen LogP) is 2.17. The molecule has 2 fully saturated rings. The first-order valence-electron chi connectivity index (χ1n) is 9.21. The van der Waals surface area contributed by atoms with Crippen molar-refractivity contribution in [3.05, 3.63) is 54.7 Å². The van der Waals surface area contributed by atoms with Crippen LogP contribution in [0.15, 0.2) is 48.9 Å². The summed E-state index contributed by atoms with van der Waals surface area (Å²) >= 11 is 0. The average molecular weight is 365 g/mol. The fourth-order valence-corrected chi connectivity index (χ4v) is 4.32. The molecule has 2 aliphatic heterocycles. The zero-order chi connectivity index (χ0) is 18.4. The van der Waals surface area contributed by atoms with Crippen molar-refractivity contribution in [3.8, 4) is 0 Å². The van der Waals surface area contributed by atoms with Gasteiger partial charge in [-0.05, 0) is 24.3 Å². The number of para-hydroxylation sites is 2. The van der Waals surface area contributed by atoms with Gasteiger partial charge in [0.2, 0.25) is 5.91 Å². The Morgan fingerprint density at radius 1 is 1.04 bits per heavy atom. The van der Waals surface area contributed by atoms with Gasteiger partial charge >= 0.3 is 0 Å². The van der Waals surface area contributed by atoms with Crippen LogP contribution in [0.2, 0.25) is 0 Å². The minimum atomic E-state index is -0.318. The van der Waals surface area contributed by atoms with Gasteiger partial charge in [-0.1, -0.05) is 12.1 Å². The van der Waals surface area contributed by atoms with Gasteiger partial charge in [-0.25, -0.2) is 14.4 Å². The Labute approximate surface area is 156 Å². The van der Waals surface area contributed by atoms with Gasteiger partial charge in [-0.3, -0.25) is 4.79 Å². The van der Waals surface area contributed by atoms with Gasteiger partial charge in [-0.15, -0.1) is 0 Å². The molecular formula is C20H20FN5O. The second-order valence-corrected chi connectivity index (χ2v) is 7.42. The van der Waals surface area contributed by atoms with Gasteiger partial charge in [0.15, 0.2) is 0 Å². The van der Waals surface area contributed by atoms with Gasteiger partial charge in [0, 0.05) is 38.0 Å². The monoisotopic (exact) mass is 365 g/mol. The summed E-state index contributed by atoms with van der Waals surface area (Å²) in [5, 5.41) is 0. The van der Waals surface area contributed by atoms with E-state index in [-0.39, 0.29) is 11.7 Å². The number of amides is 1. The molecular weight excluding hydrogens is 345 g/mol. The van der Waals surface area contributed by atoms with E-state index in [4.69, 9.17) is 0 Å². The fraction of sp³-hybridized carbons (Fsp3) is 0.350. The summed E-state index contributed by atoms with van der Waals surface area (Å²) in [4.78, 5) is 25.5. The Balaban J connectivity index is 1.23. The molecule has 1 aromatic carbocycles. The highest BCUT2D eigenvalue weighted by molar-refractivity contribution is 5.80. The standard InChI is InChI=1S/C20H20FN5O/c21-16-5-6-19(22-7-16)24-8-14-10-25(11-15(14)9-24)20(27)12-26-13-23-17-3-1-2-4-18(17)26/h1-7,13-15H,8-12H2. The van der Waals surface area contributed by atoms with E-state index in [9.17, 15) is 9.18 Å². The van der Waals surface area contributed by atoms with E-state index in [0.29, 0.717) is 18.4 Å². The number of fused-ring (bicyclic) bond motifs is 2. The van der Waals surface area contributed by atoms with Crippen molar-refractivity contribution < 1.29 is 9.18 Å². The van der Waals surface area contributed by atoms with Crippen LogP contribution in [-0.4, -0.2) is 51.5 Å². The molecule has 4 heterocycles. The maximum Gasteiger partial charge on any atom is 0.242 e. The van der Waals surface area contributed by atoms with Crippen LogP contribution >= 0.6 is 0 Å². The maximum absolute atomic E-state index is 13.1. The summed E-state index contributed by atoms with van der Waals surface area (Å²) in [5.74, 6) is 1.52. The van der Waals surface area contributed by atoms with Crippen LogP contribution in [0.3, 0.4) is 0 Å². The Bertz CT molecular complexity index is 971. The summed E-state index contributed by atoms with van der Waals surface area (Å²) in [6.45, 7) is 3.59. The van der Waals surface area contributed by atoms with Crippen LogP contribution in [0.25, 0.3) is 11.0 Å². The summed E-state index contributed by atoms with van der Waals surface area (Å²) in [5.41, 5.74) is 1.89. The van der Waals surface area contributed by atoms with Gasteiger partial charge in [0.05, 0.1) is 23.6 Å². The quantitative estimate of drug-likeness (QED) is 0.714. The first-order chi connectivity index (χ1) is 13.2. The molecule has 0 bridgehead atoms. The molecule has 0 saturated carbocycles. The average Bonchev–Trinajstić information content (AvgIpc) is 3.36. The molecule has 0 aliphatic carbocycles. The van der Waals surface area contributed by atoms with E-state index in [1.54, 1.807) is 12.4 Å². The molecule has 2 saturated heterocycles. The van der Waals surface area contributed by atoms with Crippen molar-refractivity contribution in [2.75, 3.05) is 31.1 Å². The zero-order valence-corrected chi connectivity index (χ0v) is 14.8. The first-order valence-corrected chi connectivity index (χ1v) is 9.21. The largest absolute Gasteiger partial charge is 0.356 e. The Kier molecular flexibility index (Phi) is 3.81. The lowest BCUT2D eigenvalue weighted by molar-refractivity contribution is -0.131. The highest BCUT2D eigenvalue weighted by atomic mass is 19.1. The minimum Gasteiger partial charge on any atom is -0.356 e. The van der Waals surface area contributed by atoms with E-state index in [1.807, 2.05) is 33.7 Å². The Morgan fingerprint density at radius 2 is 1.81 bits per heavy atom. The third-order valence-corrected chi connectivity index (χ3v) is 5.71. The van der Waals surface area contributed by atoms with Crippen molar-refractivity contribution in [1.29, 1.82) is 0 Å². The number of rotatable bonds is 3. The number of imidazole rings is 1. The van der Waals surface area contributed by atoms with E-state index in [2.05, 4.69) is 14.9 Å². The Morgan fingerprint density at radius 3 is 2.56 bits per heavy atom. The number of hydrogen-bond acceptors (Lipinski definition) is 4. The second kappa shape index (κ2) is 6.33. The van der Waals surface area contributed by atoms with Gasteiger partial charge in [0.25, 0.3) is 0 Å². The van der Waals surface area contributed by atoms with Crippen molar-refractivity contribution in [2.24, 2.45) is 11.8 Å². The molecule has 0 spiro atoms. The van der Waals surface area contributed by atoms with E-state index < -0.39 is 0 Å². The third kappa shape index (κ3) is 2.93. The summed E-state index contributed by atoms with van der Waals surface area (Å²) in [6, 6.07) is 11.0. The number of pyridine rings is 1. The summed E-state index contributed by atoms with van der Waals surface area (Å²) in [6.07, 6.45) is 3.00. The van der Waals surface area contributed by atoms with Crippen molar-refractivity contribution in [3.63, 3.8) is 0 Å². The highest BCUT2D eigenvalue weighted by Gasteiger charge is 2.41. The number of aromatic nitrogens is 3. The maximum atomic E-state index is 13.1. The van der Waals surface area contributed by atoms with E-state index in [0.717, 1.165) is 43.0 Å². The number of benzene rings is 1. The lowest BCUT2D eigenvalue weighted by Crippen LogP contribution is -2.35. The van der Waals surface area contributed by atoms with E-state index in [1.165, 1.54) is 12.3 Å². The number of hydrogen-bond donors (Lipinski definition) is 0. The van der Waals surface area contributed by atoms with Gasteiger partial charge in [0.1, 0.15) is 18.2 Å². The zero-order valence-electron chi connectivity index (χ0n) is 14.8. The summed E-state index contributed by atoms with van der Waals surface area (Å²) < 4.78 is 15.0. The first kappa shape index (κ1) is 16.2. The van der Waals surface area contributed by atoms with Crippen LogP contribution in [0.1, 0.15) is 0 Å². The molecule has 6 nitrogen and oxygen atoms in total. The molecule has 27 heavy (non-hydrogen) atoms. The number of carbonyl (C=O) groups is 1. The minimum absolute atomic E-state index is 0.138. The topological polar surface area (TPSA) is 54.3 Å². The van der Waals surface area contributed by atoms with Crippen molar-refractivity contribution >= 4 is 22.8 Å². The molecule has 1 amide bonds. The summed E-state index contributed by atoms with van der Waals surface area (Å²) in [7, 11) is 0. The lowest BCUT2D eigenvalue weighted by atomic mass is 10.0. The molecule has 2 unspecified atom stereocenters. The molecule has 2 aliphatic rings. The van der Waals surface area contributed by atoms with E-state index >= 15 is 0 Å². The van der Waals surface area contributed by atoms with Crippen molar-refractivity contribution in [1.82, 2.24) is 19.4 Å². The van der Waals surface area contributed by atoms with Crippen LogP contribution < -0.4 is 4.90 Å². The molecule has 3 aromatic rings. The van der Waals surface area contributed by atoms with Crippen LogP contribution in [0.5, 0.6) is 0 Å². The van der Waals surface area contributed by atoms with Crippen molar-refractivity contribution in [2.45, 2.75) is 6.54 Å². The number of anilines is 1. The van der Waals surface area contributed by atoms with Gasteiger partial charge in [-0.2, -0.15) is 0 Å². The molecule has 7 heteroatoms. The molecule has 5 rings (SSSR count). The smallest absolute Gasteiger partial charge is 0.242 e. The Hall–Kier alpha value is -2.96. The van der Waals surface area contributed by atoms with Crippen LogP contribution in [-0.2, 0) is 11.3 Å². The fourth-order valence-electron chi connectivity index (χ4n) is 4.32. The molecule has 0 radical (unpaired) electrons. The number of carbonyl (C=O) groups excluding carboxylic acids is 1. The molecule has 2 aromatic heterocycles. The third-order valence-electron chi connectivity index (χ3n) is 5.71. The highest BCUT2D eigenvalue weighted by Crippen LogP contribution is 2.33. The molecule has 0 N–H and O–H groups in total.